The van der Waals surface area contributed by atoms with Gasteiger partial charge in [0.1, 0.15) is 6.04 Å². The molecule has 2 fully saturated rings. The van der Waals surface area contributed by atoms with Crippen LogP contribution < -0.4 is 16.0 Å². The van der Waals surface area contributed by atoms with Crippen molar-refractivity contribution in [3.8, 4) is 12.8 Å². The Morgan fingerprint density at radius 3 is 2.46 bits per heavy atom. The molecule has 4 atom stereocenters. The number of rotatable bonds is 7. The van der Waals surface area contributed by atoms with E-state index in [9.17, 15) is 19.2 Å². The fraction of sp³-hybridized carbons (Fsp3) is 0.520. The van der Waals surface area contributed by atoms with Crippen LogP contribution in [0.25, 0.3) is 0 Å². The van der Waals surface area contributed by atoms with E-state index in [1.54, 1.807) is 37.4 Å². The van der Waals surface area contributed by atoms with Crippen LogP contribution in [-0.2, 0) is 19.2 Å². The summed E-state index contributed by atoms with van der Waals surface area (Å²) in [5.74, 6) is -0.179. The number of carbonyl (C=O) groups is 4. The minimum atomic E-state index is -1.07. The van der Waals surface area contributed by atoms with Crippen LogP contribution in [0.15, 0.2) is 30.3 Å². The molecular formula is C25H36N4O5S. The number of likely N-dealkylation sites (N-methyl/N-ethyl adjacent to an activating group) is 1. The van der Waals surface area contributed by atoms with Crippen molar-refractivity contribution >= 4 is 36.0 Å². The van der Waals surface area contributed by atoms with Crippen molar-refractivity contribution in [2.45, 2.75) is 57.1 Å². The molecule has 4 N–H and O–H groups in total. The highest BCUT2D eigenvalue weighted by Gasteiger charge is 2.49. The van der Waals surface area contributed by atoms with E-state index >= 15 is 0 Å². The van der Waals surface area contributed by atoms with Gasteiger partial charge in [-0.05, 0) is 43.5 Å². The van der Waals surface area contributed by atoms with Crippen molar-refractivity contribution in [2.75, 3.05) is 19.3 Å². The van der Waals surface area contributed by atoms with Gasteiger partial charge in [-0.3, -0.25) is 14.4 Å². The molecule has 10 heteroatoms. The second-order valence-corrected chi connectivity index (χ2v) is 10.1. The third kappa shape index (κ3) is 8.30. The predicted octanol–water partition coefficient (Wildman–Crippen LogP) is 1.61. The number of carboxylic acid groups (broad SMARTS) is 1. The van der Waals surface area contributed by atoms with Crippen LogP contribution in [0.3, 0.4) is 0 Å². The largest absolute Gasteiger partial charge is 0.479 e. The van der Waals surface area contributed by atoms with Gasteiger partial charge in [-0.25, -0.2) is 4.79 Å². The fourth-order valence-corrected chi connectivity index (χ4v) is 5.64. The number of amides is 3. The molecule has 2 saturated heterocycles. The molecule has 0 aromatic heterocycles. The molecule has 0 saturated carbocycles. The summed E-state index contributed by atoms with van der Waals surface area (Å²) >= 11 is 1.85. The van der Waals surface area contributed by atoms with Gasteiger partial charge in [0.2, 0.25) is 18.2 Å². The van der Waals surface area contributed by atoms with Crippen LogP contribution >= 0.6 is 11.8 Å². The number of thioether (sulfide) groups is 1. The standard InChI is InChI=1S/C14H25N3O2S.C9H9NO3.C2H2/c1-9-14(2,3)7-12-17(9)13(19)10(5-6-20-12)16-11(18)8-15-4;11-6-10-8(9(12)13)7-4-2-1-3-5-7;1-2/h9-10,12,15H,5-8H2,1-4H3,(H,16,18);1-6,8H,(H,10,11)(H,12,13);1-2H. The summed E-state index contributed by atoms with van der Waals surface area (Å²) in [7, 11) is 1.73. The minimum Gasteiger partial charge on any atom is -0.479 e. The number of nitrogens with one attached hydrogen (secondary N) is 3. The summed E-state index contributed by atoms with van der Waals surface area (Å²) in [6.07, 6.45) is 10.1. The molecule has 3 amide bonds. The SMILES string of the molecule is C#C.CNCC(=O)NC1CCSC2CC(C)(C)C(C)N2C1=O.O=CNC(C(=O)O)c1ccccc1. The van der Waals surface area contributed by atoms with Gasteiger partial charge in [-0.15, -0.1) is 24.6 Å². The lowest BCUT2D eigenvalue weighted by Crippen LogP contribution is -2.52. The van der Waals surface area contributed by atoms with E-state index in [-0.39, 0.29) is 41.2 Å². The van der Waals surface area contributed by atoms with Gasteiger partial charge in [0.05, 0.1) is 11.9 Å². The Kier molecular flexibility index (Phi) is 12.3. The Labute approximate surface area is 211 Å². The number of benzene rings is 1. The number of aliphatic carboxylic acids is 1. The Bertz CT molecular complexity index is 877. The molecule has 35 heavy (non-hydrogen) atoms. The first-order chi connectivity index (χ1) is 16.6. The maximum Gasteiger partial charge on any atom is 0.330 e. The zero-order valence-electron chi connectivity index (χ0n) is 20.7. The van der Waals surface area contributed by atoms with Gasteiger partial charge in [-0.2, -0.15) is 0 Å². The van der Waals surface area contributed by atoms with Gasteiger partial charge in [0.15, 0.2) is 6.04 Å². The molecular weight excluding hydrogens is 468 g/mol. The van der Waals surface area contributed by atoms with E-state index in [1.165, 1.54) is 0 Å². The van der Waals surface area contributed by atoms with Crippen LogP contribution in [0, 0.1) is 18.3 Å². The molecule has 0 radical (unpaired) electrons. The molecule has 2 heterocycles. The molecule has 3 rings (SSSR count). The van der Waals surface area contributed by atoms with E-state index < -0.39 is 12.0 Å². The lowest BCUT2D eigenvalue weighted by molar-refractivity contribution is -0.140. The van der Waals surface area contributed by atoms with E-state index in [2.05, 4.69) is 49.6 Å². The Balaban J connectivity index is 0.000000354. The second-order valence-electron chi connectivity index (χ2n) is 8.85. The summed E-state index contributed by atoms with van der Waals surface area (Å²) in [5, 5.41) is 16.9. The van der Waals surface area contributed by atoms with Gasteiger partial charge < -0.3 is 26.0 Å². The van der Waals surface area contributed by atoms with E-state index in [0.29, 0.717) is 12.0 Å². The summed E-state index contributed by atoms with van der Waals surface area (Å²) in [5.41, 5.74) is 0.701. The van der Waals surface area contributed by atoms with E-state index in [4.69, 9.17) is 5.11 Å². The monoisotopic (exact) mass is 504 g/mol. The number of carboxylic acids is 1. The van der Waals surface area contributed by atoms with Crippen molar-refractivity contribution in [1.29, 1.82) is 0 Å². The number of carbonyl (C=O) groups excluding carboxylic acids is 3. The first-order valence-electron chi connectivity index (χ1n) is 11.3. The van der Waals surface area contributed by atoms with Gasteiger partial charge >= 0.3 is 5.97 Å². The Hall–Kier alpha value is -3.03. The molecule has 1 aromatic rings. The van der Waals surface area contributed by atoms with Gasteiger partial charge in [-0.1, -0.05) is 44.2 Å². The highest BCUT2D eigenvalue weighted by atomic mass is 32.2. The summed E-state index contributed by atoms with van der Waals surface area (Å²) in [6.45, 7) is 6.81. The molecule has 192 valence electrons. The van der Waals surface area contributed by atoms with Crippen LogP contribution in [0.5, 0.6) is 0 Å². The number of terminal acetylenes is 1. The molecule has 2 aliphatic rings. The highest BCUT2D eigenvalue weighted by Crippen LogP contribution is 2.45. The van der Waals surface area contributed by atoms with Crippen LogP contribution in [0.1, 0.15) is 45.2 Å². The van der Waals surface area contributed by atoms with Gasteiger partial charge in [0.25, 0.3) is 0 Å². The lowest BCUT2D eigenvalue weighted by atomic mass is 9.86. The first kappa shape index (κ1) is 30.0. The highest BCUT2D eigenvalue weighted by molar-refractivity contribution is 7.99. The number of nitrogens with zero attached hydrogens (tertiary/aromatic N) is 1. The third-order valence-corrected chi connectivity index (χ3v) is 7.37. The van der Waals surface area contributed by atoms with Crippen molar-refractivity contribution in [1.82, 2.24) is 20.9 Å². The van der Waals surface area contributed by atoms with Crippen LogP contribution in [0.2, 0.25) is 0 Å². The average Bonchev–Trinajstić information content (AvgIpc) is 2.96. The first-order valence-corrected chi connectivity index (χ1v) is 12.4. The van der Waals surface area contributed by atoms with Gasteiger partial charge in [0, 0.05) is 6.04 Å². The predicted molar refractivity (Wildman–Crippen MR) is 137 cm³/mol. The Morgan fingerprint density at radius 1 is 1.29 bits per heavy atom. The average molecular weight is 505 g/mol. The number of hydrogen-bond acceptors (Lipinski definition) is 6. The van der Waals surface area contributed by atoms with Crippen LogP contribution in [-0.4, -0.2) is 71.0 Å². The zero-order chi connectivity index (χ0) is 26.6. The number of fused-ring (bicyclic) bond motifs is 1. The smallest absolute Gasteiger partial charge is 0.330 e. The lowest BCUT2D eigenvalue weighted by Gasteiger charge is -2.32. The topological polar surface area (TPSA) is 128 Å². The third-order valence-electron chi connectivity index (χ3n) is 6.12. The zero-order valence-corrected chi connectivity index (χ0v) is 21.5. The summed E-state index contributed by atoms with van der Waals surface area (Å²) in [4.78, 5) is 47.3. The van der Waals surface area contributed by atoms with E-state index in [0.717, 1.165) is 18.6 Å². The second kappa shape index (κ2) is 14.4. The maximum absolute atomic E-state index is 12.7. The van der Waals surface area contributed by atoms with E-state index in [1.807, 2.05) is 16.7 Å². The van der Waals surface area contributed by atoms with Crippen molar-refractivity contribution in [3.63, 3.8) is 0 Å². The molecule has 1 aromatic carbocycles. The summed E-state index contributed by atoms with van der Waals surface area (Å²) in [6, 6.07) is 7.40. The van der Waals surface area contributed by atoms with Crippen LogP contribution in [0.4, 0.5) is 0 Å². The molecule has 2 aliphatic heterocycles. The molecule has 4 unspecified atom stereocenters. The quantitative estimate of drug-likeness (QED) is 0.328. The maximum atomic E-state index is 12.7. The van der Waals surface area contributed by atoms with Crippen molar-refractivity contribution < 1.29 is 24.3 Å². The molecule has 0 bridgehead atoms. The number of hydrogen-bond donors (Lipinski definition) is 4. The minimum absolute atomic E-state index is 0.0857. The fourth-order valence-electron chi connectivity index (χ4n) is 4.01. The van der Waals surface area contributed by atoms with Crippen molar-refractivity contribution in [2.24, 2.45) is 5.41 Å². The summed E-state index contributed by atoms with van der Waals surface area (Å²) < 4.78 is 0. The molecule has 0 spiro atoms. The van der Waals surface area contributed by atoms with Crippen molar-refractivity contribution in [3.05, 3.63) is 35.9 Å². The molecule has 9 nitrogen and oxygen atoms in total. The normalized spacial score (nSPS) is 23.1. The molecule has 0 aliphatic carbocycles. The Morgan fingerprint density at radius 2 is 1.91 bits per heavy atom.